The van der Waals surface area contributed by atoms with Crippen LogP contribution in [0.4, 0.5) is 0 Å². The van der Waals surface area contributed by atoms with Crippen molar-refractivity contribution in [1.82, 2.24) is 10.0 Å². The van der Waals surface area contributed by atoms with Crippen molar-refractivity contribution >= 4 is 15.9 Å². The summed E-state index contributed by atoms with van der Waals surface area (Å²) < 4.78 is 37.7. The highest BCUT2D eigenvalue weighted by Crippen LogP contribution is 2.27. The quantitative estimate of drug-likeness (QED) is 0.621. The molecule has 0 unspecified atom stereocenters. The fourth-order valence-electron chi connectivity index (χ4n) is 2.80. The van der Waals surface area contributed by atoms with E-state index in [1.807, 2.05) is 13.0 Å². The van der Waals surface area contributed by atoms with Gasteiger partial charge in [0, 0.05) is 13.1 Å². The second kappa shape index (κ2) is 9.57. The predicted molar refractivity (Wildman–Crippen MR) is 107 cm³/mol. The van der Waals surface area contributed by atoms with Gasteiger partial charge < -0.3 is 14.8 Å². The minimum absolute atomic E-state index is 0.104. The third-order valence-electron chi connectivity index (χ3n) is 4.17. The molecule has 0 aromatic heterocycles. The Morgan fingerprint density at radius 2 is 1.68 bits per heavy atom. The van der Waals surface area contributed by atoms with E-state index in [1.54, 1.807) is 44.4 Å². The second-order valence-corrected chi connectivity index (χ2v) is 8.12. The lowest BCUT2D eigenvalue weighted by Gasteiger charge is -2.11. The molecule has 0 aliphatic heterocycles. The number of carbonyl (C=O) groups is 1. The fourth-order valence-corrected chi connectivity index (χ4v) is 4.06. The van der Waals surface area contributed by atoms with Gasteiger partial charge in [-0.2, -0.15) is 0 Å². The molecule has 0 fully saturated rings. The van der Waals surface area contributed by atoms with Gasteiger partial charge in [0.05, 0.1) is 25.5 Å². The predicted octanol–water partition coefficient (Wildman–Crippen LogP) is 1.96. The van der Waals surface area contributed by atoms with Gasteiger partial charge in [0.2, 0.25) is 15.9 Å². The highest BCUT2D eigenvalue weighted by atomic mass is 32.2. The van der Waals surface area contributed by atoms with E-state index in [0.29, 0.717) is 17.1 Å². The van der Waals surface area contributed by atoms with Crippen LogP contribution in [0.2, 0.25) is 0 Å². The minimum atomic E-state index is -3.61. The highest BCUT2D eigenvalue weighted by Gasteiger charge is 2.16. The third-order valence-corrected chi connectivity index (χ3v) is 5.79. The molecule has 0 aliphatic carbocycles. The fraction of sp³-hybridized carbons (Fsp3) is 0.350. The number of hydrogen-bond acceptors (Lipinski definition) is 5. The Morgan fingerprint density at radius 3 is 2.32 bits per heavy atom. The zero-order chi connectivity index (χ0) is 20.7. The van der Waals surface area contributed by atoms with Crippen molar-refractivity contribution in [2.75, 3.05) is 27.3 Å². The van der Waals surface area contributed by atoms with E-state index in [2.05, 4.69) is 10.0 Å². The molecule has 1 amide bonds. The Hall–Kier alpha value is -2.58. The van der Waals surface area contributed by atoms with Crippen molar-refractivity contribution in [2.24, 2.45) is 0 Å². The summed E-state index contributed by atoms with van der Waals surface area (Å²) in [5.41, 5.74) is 2.45. The van der Waals surface area contributed by atoms with E-state index < -0.39 is 10.0 Å². The van der Waals surface area contributed by atoms with Crippen LogP contribution in [0.5, 0.6) is 11.5 Å². The minimum Gasteiger partial charge on any atom is -0.493 e. The van der Waals surface area contributed by atoms with Crippen molar-refractivity contribution < 1.29 is 22.7 Å². The van der Waals surface area contributed by atoms with Crippen molar-refractivity contribution in [3.63, 3.8) is 0 Å². The molecule has 2 N–H and O–H groups in total. The molecule has 2 rings (SSSR count). The van der Waals surface area contributed by atoms with Gasteiger partial charge in [-0.3, -0.25) is 4.79 Å². The molecule has 7 nitrogen and oxygen atoms in total. The van der Waals surface area contributed by atoms with E-state index in [1.165, 1.54) is 7.11 Å². The van der Waals surface area contributed by atoms with E-state index >= 15 is 0 Å². The van der Waals surface area contributed by atoms with Crippen molar-refractivity contribution in [3.8, 4) is 11.5 Å². The second-order valence-electron chi connectivity index (χ2n) is 6.38. The number of aryl methyl sites for hydroxylation is 2. The summed E-state index contributed by atoms with van der Waals surface area (Å²) in [6, 6.07) is 10.4. The Labute approximate surface area is 166 Å². The van der Waals surface area contributed by atoms with Crippen molar-refractivity contribution in [3.05, 3.63) is 53.1 Å². The smallest absolute Gasteiger partial charge is 0.240 e. The first-order valence-electron chi connectivity index (χ1n) is 8.81. The summed E-state index contributed by atoms with van der Waals surface area (Å²) >= 11 is 0. The number of hydrogen-bond donors (Lipinski definition) is 2. The summed E-state index contributed by atoms with van der Waals surface area (Å²) in [4.78, 5) is 12.3. The topological polar surface area (TPSA) is 93.7 Å². The van der Waals surface area contributed by atoms with E-state index in [4.69, 9.17) is 9.47 Å². The van der Waals surface area contributed by atoms with Gasteiger partial charge in [0.15, 0.2) is 11.5 Å². The largest absolute Gasteiger partial charge is 0.493 e. The average Bonchev–Trinajstić information content (AvgIpc) is 2.64. The van der Waals surface area contributed by atoms with Crippen LogP contribution in [0.25, 0.3) is 0 Å². The van der Waals surface area contributed by atoms with E-state index in [-0.39, 0.29) is 30.3 Å². The molecule has 28 heavy (non-hydrogen) atoms. The molecule has 0 spiro atoms. The Bertz CT molecular complexity index is 942. The van der Waals surface area contributed by atoms with Gasteiger partial charge in [-0.25, -0.2) is 13.1 Å². The Balaban J connectivity index is 1.85. The number of nitrogens with one attached hydrogen (secondary N) is 2. The average molecular weight is 407 g/mol. The zero-order valence-electron chi connectivity index (χ0n) is 16.5. The lowest BCUT2D eigenvalue weighted by atomic mass is 10.1. The summed E-state index contributed by atoms with van der Waals surface area (Å²) in [7, 11) is -0.537. The van der Waals surface area contributed by atoms with Gasteiger partial charge >= 0.3 is 0 Å². The Morgan fingerprint density at radius 1 is 0.964 bits per heavy atom. The first-order chi connectivity index (χ1) is 13.3. The summed E-state index contributed by atoms with van der Waals surface area (Å²) in [5.74, 6) is 0.930. The molecule has 152 valence electrons. The monoisotopic (exact) mass is 406 g/mol. The number of amides is 1. The van der Waals surface area contributed by atoms with Crippen molar-refractivity contribution in [1.29, 1.82) is 0 Å². The molecule has 0 heterocycles. The maximum absolute atomic E-state index is 12.4. The molecule has 0 saturated heterocycles. The van der Waals surface area contributed by atoms with Crippen LogP contribution < -0.4 is 19.5 Å². The van der Waals surface area contributed by atoms with Crippen LogP contribution in [-0.4, -0.2) is 41.6 Å². The zero-order valence-corrected chi connectivity index (χ0v) is 17.4. The number of sulfonamides is 1. The number of benzene rings is 2. The van der Waals surface area contributed by atoms with E-state index in [0.717, 1.165) is 11.1 Å². The molecular weight excluding hydrogens is 380 g/mol. The number of rotatable bonds is 9. The molecule has 0 saturated carbocycles. The molecule has 2 aromatic rings. The standard InChI is InChI=1S/C20H26N2O5S/c1-14-5-8-19(15(2)11-14)28(24,25)22-10-9-21-20(23)13-16-6-7-17(26-3)18(12-16)27-4/h5-8,11-12,22H,9-10,13H2,1-4H3,(H,21,23). The van der Waals surface area contributed by atoms with Gasteiger partial charge in [0.25, 0.3) is 0 Å². The van der Waals surface area contributed by atoms with Crippen LogP contribution >= 0.6 is 0 Å². The van der Waals surface area contributed by atoms with Crippen LogP contribution in [0.3, 0.4) is 0 Å². The number of methoxy groups -OCH3 is 2. The van der Waals surface area contributed by atoms with Crippen molar-refractivity contribution in [2.45, 2.75) is 25.2 Å². The highest BCUT2D eigenvalue weighted by molar-refractivity contribution is 7.89. The molecule has 0 aliphatic rings. The van der Waals surface area contributed by atoms with Crippen LogP contribution in [0.1, 0.15) is 16.7 Å². The van der Waals surface area contributed by atoms with Gasteiger partial charge in [-0.1, -0.05) is 23.8 Å². The summed E-state index contributed by atoms with van der Waals surface area (Å²) in [6.45, 7) is 3.96. The molecule has 0 atom stereocenters. The summed E-state index contributed by atoms with van der Waals surface area (Å²) in [6.07, 6.45) is 0.157. The van der Waals surface area contributed by atoms with Gasteiger partial charge in [-0.15, -0.1) is 0 Å². The first-order valence-corrected chi connectivity index (χ1v) is 10.3. The summed E-state index contributed by atoms with van der Waals surface area (Å²) in [5, 5.41) is 2.71. The molecular formula is C20H26N2O5S. The number of ether oxygens (including phenoxy) is 2. The lowest BCUT2D eigenvalue weighted by Crippen LogP contribution is -2.35. The molecule has 2 aromatic carbocycles. The Kier molecular flexibility index (Phi) is 7.42. The first kappa shape index (κ1) is 21.7. The number of carbonyl (C=O) groups excluding carboxylic acids is 1. The normalized spacial score (nSPS) is 11.1. The van der Waals surface area contributed by atoms with Gasteiger partial charge in [0.1, 0.15) is 0 Å². The van der Waals surface area contributed by atoms with Crippen LogP contribution in [0.15, 0.2) is 41.3 Å². The SMILES string of the molecule is COc1ccc(CC(=O)NCCNS(=O)(=O)c2ccc(C)cc2C)cc1OC. The van der Waals surface area contributed by atoms with Crippen LogP contribution in [-0.2, 0) is 21.2 Å². The molecule has 0 bridgehead atoms. The van der Waals surface area contributed by atoms with Gasteiger partial charge in [-0.05, 0) is 43.2 Å². The molecule has 8 heteroatoms. The van der Waals surface area contributed by atoms with Crippen LogP contribution in [0, 0.1) is 13.8 Å². The maximum atomic E-state index is 12.4. The molecule has 0 radical (unpaired) electrons. The lowest BCUT2D eigenvalue weighted by molar-refractivity contribution is -0.120. The third kappa shape index (κ3) is 5.71. The van der Waals surface area contributed by atoms with E-state index in [9.17, 15) is 13.2 Å². The maximum Gasteiger partial charge on any atom is 0.240 e.